The van der Waals surface area contributed by atoms with Gasteiger partial charge in [-0.2, -0.15) is 0 Å². The van der Waals surface area contributed by atoms with Crippen LogP contribution in [0.1, 0.15) is 17.9 Å². The van der Waals surface area contributed by atoms with Crippen molar-refractivity contribution in [2.45, 2.75) is 12.3 Å². The summed E-state index contributed by atoms with van der Waals surface area (Å²) in [5.41, 5.74) is 2.43. The van der Waals surface area contributed by atoms with Crippen molar-refractivity contribution in [3.63, 3.8) is 0 Å². The maximum atomic E-state index is 4.25. The van der Waals surface area contributed by atoms with Gasteiger partial charge in [-0.05, 0) is 30.2 Å². The number of aliphatic imine (C=N–C) groups is 1. The first-order valence-corrected chi connectivity index (χ1v) is 4.24. The van der Waals surface area contributed by atoms with Crippen LogP contribution >= 0.6 is 11.3 Å². The van der Waals surface area contributed by atoms with E-state index in [4.69, 9.17) is 0 Å². The van der Waals surface area contributed by atoms with Gasteiger partial charge in [-0.15, -0.1) is 11.3 Å². The first kappa shape index (κ1) is 6.10. The van der Waals surface area contributed by atoms with Gasteiger partial charge >= 0.3 is 0 Å². The lowest BCUT2D eigenvalue weighted by atomic mass is 9.98. The van der Waals surface area contributed by atoms with Gasteiger partial charge in [-0.1, -0.05) is 0 Å². The number of hydrogen-bond donors (Lipinski definition) is 0. The molecule has 0 fully saturated rings. The van der Waals surface area contributed by atoms with E-state index in [1.807, 2.05) is 6.21 Å². The number of thiophene rings is 1. The molecule has 0 bridgehead atoms. The molecule has 1 aromatic heterocycles. The third-order valence-corrected chi connectivity index (χ3v) is 2.48. The molecule has 1 radical (unpaired) electrons. The maximum Gasteiger partial charge on any atom is 0.0767 e. The molecule has 10 heavy (non-hydrogen) atoms. The third-order valence-electron chi connectivity index (χ3n) is 1.73. The molecule has 2 heteroatoms. The molecule has 0 spiro atoms. The summed E-state index contributed by atoms with van der Waals surface area (Å²) in [7, 11) is 0. The Hall–Kier alpha value is -0.630. The van der Waals surface area contributed by atoms with Gasteiger partial charge in [-0.3, -0.25) is 4.99 Å². The molecule has 51 valence electrons. The van der Waals surface area contributed by atoms with Crippen LogP contribution in [0.5, 0.6) is 0 Å². The van der Waals surface area contributed by atoms with E-state index < -0.39 is 0 Å². The van der Waals surface area contributed by atoms with E-state index in [1.165, 1.54) is 5.56 Å². The van der Waals surface area contributed by atoms with Crippen molar-refractivity contribution in [2.75, 3.05) is 0 Å². The second-order valence-corrected chi connectivity index (χ2v) is 3.20. The maximum absolute atomic E-state index is 4.25. The first-order chi connectivity index (χ1) is 4.88. The summed E-state index contributed by atoms with van der Waals surface area (Å²) >= 11 is 1.71. The Morgan fingerprint density at radius 3 is 3.30 bits per heavy atom. The van der Waals surface area contributed by atoms with Gasteiger partial charge in [0, 0.05) is 11.6 Å². The Labute approximate surface area is 64.4 Å². The van der Waals surface area contributed by atoms with Gasteiger partial charge in [-0.25, -0.2) is 0 Å². The Morgan fingerprint density at radius 2 is 2.50 bits per heavy atom. The molecule has 1 nitrogen and oxygen atoms in total. The summed E-state index contributed by atoms with van der Waals surface area (Å²) in [5.74, 6) is 0.429. The zero-order valence-corrected chi connectivity index (χ0v) is 6.40. The molecule has 0 aromatic carbocycles. The van der Waals surface area contributed by atoms with E-state index in [1.54, 1.807) is 11.3 Å². The van der Waals surface area contributed by atoms with Crippen LogP contribution in [0.15, 0.2) is 15.8 Å². The average molecular weight is 150 g/mol. The van der Waals surface area contributed by atoms with Crippen molar-refractivity contribution in [3.8, 4) is 0 Å². The van der Waals surface area contributed by atoms with Gasteiger partial charge in [0.25, 0.3) is 0 Å². The summed E-state index contributed by atoms with van der Waals surface area (Å²) in [6.07, 6.45) is 2.94. The van der Waals surface area contributed by atoms with Crippen LogP contribution < -0.4 is 0 Å². The molecule has 0 saturated heterocycles. The van der Waals surface area contributed by atoms with E-state index in [2.05, 4.69) is 22.7 Å². The summed E-state index contributed by atoms with van der Waals surface area (Å²) < 4.78 is 0. The standard InChI is InChI=1S/C8H8NS/c1-6-2-3-9-8-5-10-4-7(6)8/h3-6H,1-2H2. The minimum Gasteiger partial charge on any atom is -0.260 e. The SMILES string of the molecule is [CH2]C1CC=Nc2cscc21. The molecular weight excluding hydrogens is 142 g/mol. The highest BCUT2D eigenvalue weighted by atomic mass is 32.1. The van der Waals surface area contributed by atoms with Gasteiger partial charge in [0.15, 0.2) is 0 Å². The summed E-state index contributed by atoms with van der Waals surface area (Å²) in [4.78, 5) is 4.25. The van der Waals surface area contributed by atoms with Crippen molar-refractivity contribution in [2.24, 2.45) is 4.99 Å². The van der Waals surface area contributed by atoms with Crippen LogP contribution in [0, 0.1) is 6.92 Å². The van der Waals surface area contributed by atoms with Crippen molar-refractivity contribution >= 4 is 23.2 Å². The summed E-state index contributed by atoms with van der Waals surface area (Å²) in [6, 6.07) is 0. The fraction of sp³-hybridized carbons (Fsp3) is 0.250. The zero-order chi connectivity index (χ0) is 6.97. The van der Waals surface area contributed by atoms with Crippen LogP contribution in [0.4, 0.5) is 5.69 Å². The van der Waals surface area contributed by atoms with E-state index in [0.717, 1.165) is 12.1 Å². The minimum absolute atomic E-state index is 0.429. The molecule has 1 unspecified atom stereocenters. The molecule has 1 atom stereocenters. The fourth-order valence-electron chi connectivity index (χ4n) is 1.12. The highest BCUT2D eigenvalue weighted by molar-refractivity contribution is 7.08. The Morgan fingerprint density at radius 1 is 1.60 bits per heavy atom. The smallest absolute Gasteiger partial charge is 0.0767 e. The van der Waals surface area contributed by atoms with E-state index >= 15 is 0 Å². The normalized spacial score (nSPS) is 22.7. The molecule has 1 aliphatic heterocycles. The third kappa shape index (κ3) is 0.797. The van der Waals surface area contributed by atoms with Crippen molar-refractivity contribution in [3.05, 3.63) is 23.2 Å². The number of rotatable bonds is 0. The van der Waals surface area contributed by atoms with Gasteiger partial charge < -0.3 is 0 Å². The molecule has 2 rings (SSSR count). The largest absolute Gasteiger partial charge is 0.260 e. The molecule has 1 aromatic rings. The lowest BCUT2D eigenvalue weighted by Gasteiger charge is -2.11. The quantitative estimate of drug-likeness (QED) is 0.539. The summed E-state index contributed by atoms with van der Waals surface area (Å²) in [6.45, 7) is 4.03. The van der Waals surface area contributed by atoms with Crippen LogP contribution in [0.25, 0.3) is 0 Å². The van der Waals surface area contributed by atoms with Crippen LogP contribution in [0.2, 0.25) is 0 Å². The van der Waals surface area contributed by atoms with E-state index in [9.17, 15) is 0 Å². The Balaban J connectivity index is 2.52. The molecular formula is C8H8NS. The van der Waals surface area contributed by atoms with Crippen molar-refractivity contribution < 1.29 is 0 Å². The summed E-state index contributed by atoms with van der Waals surface area (Å²) in [5, 5.41) is 4.21. The number of fused-ring (bicyclic) bond motifs is 1. The Bertz CT molecular complexity index is 262. The predicted octanol–water partition coefficient (Wildman–Crippen LogP) is 2.77. The molecule has 0 saturated carbocycles. The second-order valence-electron chi connectivity index (χ2n) is 2.46. The molecule has 1 aliphatic rings. The van der Waals surface area contributed by atoms with Crippen LogP contribution in [-0.4, -0.2) is 6.21 Å². The lowest BCUT2D eigenvalue weighted by Crippen LogP contribution is -1.96. The Kier molecular flexibility index (Phi) is 1.34. The monoisotopic (exact) mass is 150 g/mol. The lowest BCUT2D eigenvalue weighted by molar-refractivity contribution is 0.890. The van der Waals surface area contributed by atoms with E-state index in [0.29, 0.717) is 5.92 Å². The topological polar surface area (TPSA) is 12.4 Å². The predicted molar refractivity (Wildman–Crippen MR) is 45.2 cm³/mol. The number of nitrogens with zero attached hydrogens (tertiary/aromatic N) is 1. The van der Waals surface area contributed by atoms with Gasteiger partial charge in [0.1, 0.15) is 0 Å². The number of hydrogen-bond acceptors (Lipinski definition) is 2. The highest BCUT2D eigenvalue weighted by Gasteiger charge is 2.13. The minimum atomic E-state index is 0.429. The second kappa shape index (κ2) is 2.20. The molecule has 0 aliphatic carbocycles. The van der Waals surface area contributed by atoms with Crippen molar-refractivity contribution in [1.82, 2.24) is 0 Å². The zero-order valence-electron chi connectivity index (χ0n) is 5.58. The van der Waals surface area contributed by atoms with Crippen LogP contribution in [0.3, 0.4) is 0 Å². The van der Waals surface area contributed by atoms with Crippen LogP contribution in [-0.2, 0) is 0 Å². The highest BCUT2D eigenvalue weighted by Crippen LogP contribution is 2.34. The van der Waals surface area contributed by atoms with Gasteiger partial charge in [0.2, 0.25) is 0 Å². The molecule has 0 amide bonds. The molecule has 0 N–H and O–H groups in total. The van der Waals surface area contributed by atoms with E-state index in [-0.39, 0.29) is 0 Å². The molecule has 2 heterocycles. The average Bonchev–Trinajstić information content (AvgIpc) is 2.36. The van der Waals surface area contributed by atoms with Gasteiger partial charge in [0.05, 0.1) is 5.69 Å². The first-order valence-electron chi connectivity index (χ1n) is 3.29. The van der Waals surface area contributed by atoms with Crippen molar-refractivity contribution in [1.29, 1.82) is 0 Å². The fourth-order valence-corrected chi connectivity index (χ4v) is 1.97.